The molecule has 1 saturated heterocycles. The number of aromatic nitrogens is 3. The smallest absolute Gasteiger partial charge is 0.227 e. The summed E-state index contributed by atoms with van der Waals surface area (Å²) in [7, 11) is 1.63. The highest BCUT2D eigenvalue weighted by Gasteiger charge is 2.31. The fourth-order valence-corrected chi connectivity index (χ4v) is 3.54. The molecule has 6 nitrogen and oxygen atoms in total. The Morgan fingerprint density at radius 1 is 1.32 bits per heavy atom. The minimum atomic E-state index is -0.0487. The van der Waals surface area contributed by atoms with Gasteiger partial charge in [-0.25, -0.2) is 4.98 Å². The Kier molecular flexibility index (Phi) is 5.48. The molecule has 0 saturated carbocycles. The van der Waals surface area contributed by atoms with E-state index in [1.807, 2.05) is 11.0 Å². The van der Waals surface area contributed by atoms with E-state index < -0.39 is 0 Å². The highest BCUT2D eigenvalue weighted by atomic mass is 16.5. The molecule has 6 heteroatoms. The van der Waals surface area contributed by atoms with E-state index in [0.29, 0.717) is 24.7 Å². The van der Waals surface area contributed by atoms with E-state index in [1.54, 1.807) is 7.11 Å². The van der Waals surface area contributed by atoms with Crippen LogP contribution in [0.2, 0.25) is 0 Å². The number of benzene rings is 1. The number of methoxy groups -OCH3 is 1. The van der Waals surface area contributed by atoms with Crippen molar-refractivity contribution in [2.75, 3.05) is 13.7 Å². The minimum Gasteiger partial charge on any atom is -0.377 e. The molecule has 1 aromatic carbocycles. The van der Waals surface area contributed by atoms with Crippen LogP contribution in [0.15, 0.2) is 18.2 Å². The van der Waals surface area contributed by atoms with Gasteiger partial charge in [-0.05, 0) is 49.8 Å². The molecule has 1 aliphatic heterocycles. The van der Waals surface area contributed by atoms with Crippen LogP contribution in [-0.2, 0) is 22.6 Å². The van der Waals surface area contributed by atoms with E-state index in [1.165, 1.54) is 11.1 Å². The number of rotatable bonds is 5. The molecule has 134 valence electrons. The summed E-state index contributed by atoms with van der Waals surface area (Å²) in [6.45, 7) is 5.30. The summed E-state index contributed by atoms with van der Waals surface area (Å²) in [5.74, 6) is 1.55. The van der Waals surface area contributed by atoms with Gasteiger partial charge in [-0.15, -0.1) is 0 Å². The number of likely N-dealkylation sites (tertiary alicyclic amines) is 1. The Labute approximate surface area is 148 Å². The highest BCUT2D eigenvalue weighted by Crippen LogP contribution is 2.30. The normalized spacial score (nSPS) is 17.7. The summed E-state index contributed by atoms with van der Waals surface area (Å²) in [4.78, 5) is 19.5. The molecule has 1 amide bonds. The Hall–Kier alpha value is -2.21. The SMILES string of the molecule is COCc1nc([C@@H]2CCCCN2C(=O)Cc2c(C)cccc2C)n[nH]1. The van der Waals surface area contributed by atoms with Gasteiger partial charge in [0.1, 0.15) is 6.61 Å². The zero-order valence-corrected chi connectivity index (χ0v) is 15.2. The van der Waals surface area contributed by atoms with Gasteiger partial charge in [0.2, 0.25) is 5.91 Å². The van der Waals surface area contributed by atoms with E-state index >= 15 is 0 Å². The van der Waals surface area contributed by atoms with Crippen LogP contribution in [0.1, 0.15) is 53.6 Å². The lowest BCUT2D eigenvalue weighted by Crippen LogP contribution is -2.40. The number of carbonyl (C=O) groups is 1. The first-order valence-corrected chi connectivity index (χ1v) is 8.85. The third-order valence-corrected chi connectivity index (χ3v) is 4.92. The van der Waals surface area contributed by atoms with Crippen molar-refractivity contribution in [1.29, 1.82) is 0 Å². The minimum absolute atomic E-state index is 0.0487. The molecule has 2 aromatic rings. The lowest BCUT2D eigenvalue weighted by molar-refractivity contribution is -0.134. The molecule has 0 spiro atoms. The number of amides is 1. The van der Waals surface area contributed by atoms with Gasteiger partial charge < -0.3 is 9.64 Å². The van der Waals surface area contributed by atoms with Crippen LogP contribution in [0, 0.1) is 13.8 Å². The zero-order valence-electron chi connectivity index (χ0n) is 15.2. The number of hydrogen-bond donors (Lipinski definition) is 1. The molecule has 2 heterocycles. The van der Waals surface area contributed by atoms with Gasteiger partial charge >= 0.3 is 0 Å². The summed E-state index contributed by atoms with van der Waals surface area (Å²) >= 11 is 0. The molecule has 3 rings (SSSR count). The van der Waals surface area contributed by atoms with Crippen molar-refractivity contribution in [3.63, 3.8) is 0 Å². The number of piperidine rings is 1. The summed E-state index contributed by atoms with van der Waals surface area (Å²) in [6.07, 6.45) is 3.46. The molecule has 1 aliphatic rings. The molecule has 0 radical (unpaired) electrons. The molecule has 1 fully saturated rings. The monoisotopic (exact) mass is 342 g/mol. The van der Waals surface area contributed by atoms with Crippen LogP contribution >= 0.6 is 0 Å². The lowest BCUT2D eigenvalue weighted by Gasteiger charge is -2.34. The van der Waals surface area contributed by atoms with Crippen LogP contribution in [0.25, 0.3) is 0 Å². The van der Waals surface area contributed by atoms with E-state index in [9.17, 15) is 4.79 Å². The number of ether oxygens (including phenoxy) is 1. The maximum Gasteiger partial charge on any atom is 0.227 e. The van der Waals surface area contributed by atoms with Crippen LogP contribution in [0.4, 0.5) is 0 Å². The van der Waals surface area contributed by atoms with Gasteiger partial charge in [0, 0.05) is 13.7 Å². The van der Waals surface area contributed by atoms with Crippen molar-refractivity contribution in [3.05, 3.63) is 46.5 Å². The first-order valence-electron chi connectivity index (χ1n) is 8.85. The van der Waals surface area contributed by atoms with Crippen molar-refractivity contribution < 1.29 is 9.53 Å². The summed E-state index contributed by atoms with van der Waals surface area (Å²) in [5, 5.41) is 7.23. The van der Waals surface area contributed by atoms with Crippen molar-refractivity contribution in [3.8, 4) is 0 Å². The number of hydrogen-bond acceptors (Lipinski definition) is 4. The van der Waals surface area contributed by atoms with E-state index in [-0.39, 0.29) is 11.9 Å². The number of aromatic amines is 1. The third kappa shape index (κ3) is 3.90. The average molecular weight is 342 g/mol. The Morgan fingerprint density at radius 2 is 2.08 bits per heavy atom. The van der Waals surface area contributed by atoms with Gasteiger partial charge in [0.15, 0.2) is 11.6 Å². The topological polar surface area (TPSA) is 71.1 Å². The summed E-state index contributed by atoms with van der Waals surface area (Å²) < 4.78 is 5.09. The Balaban J connectivity index is 1.79. The van der Waals surface area contributed by atoms with E-state index in [2.05, 4.69) is 41.2 Å². The largest absolute Gasteiger partial charge is 0.377 e. The first kappa shape index (κ1) is 17.6. The molecule has 1 atom stereocenters. The number of nitrogens with zero attached hydrogens (tertiary/aromatic N) is 3. The molecular formula is C19H26N4O2. The fraction of sp³-hybridized carbons (Fsp3) is 0.526. The average Bonchev–Trinajstić information content (AvgIpc) is 3.07. The third-order valence-electron chi connectivity index (χ3n) is 4.92. The fourth-order valence-electron chi connectivity index (χ4n) is 3.54. The van der Waals surface area contributed by atoms with Crippen molar-refractivity contribution in [2.45, 2.75) is 52.2 Å². The molecule has 25 heavy (non-hydrogen) atoms. The number of H-pyrrole nitrogens is 1. The van der Waals surface area contributed by atoms with Gasteiger partial charge in [-0.2, -0.15) is 5.10 Å². The number of aryl methyl sites for hydroxylation is 2. The Morgan fingerprint density at radius 3 is 2.80 bits per heavy atom. The summed E-state index contributed by atoms with van der Waals surface area (Å²) in [6, 6.07) is 6.12. The zero-order chi connectivity index (χ0) is 17.8. The quantitative estimate of drug-likeness (QED) is 0.907. The maximum atomic E-state index is 13.0. The van der Waals surface area contributed by atoms with E-state index in [0.717, 1.165) is 31.4 Å². The van der Waals surface area contributed by atoms with E-state index in [4.69, 9.17) is 4.74 Å². The highest BCUT2D eigenvalue weighted by molar-refractivity contribution is 5.80. The molecule has 0 bridgehead atoms. The predicted molar refractivity (Wildman–Crippen MR) is 95.0 cm³/mol. The molecule has 0 unspecified atom stereocenters. The van der Waals surface area contributed by atoms with Crippen molar-refractivity contribution in [2.24, 2.45) is 0 Å². The number of carbonyl (C=O) groups excluding carboxylic acids is 1. The van der Waals surface area contributed by atoms with Crippen LogP contribution < -0.4 is 0 Å². The standard InChI is InChI=1S/C19H26N4O2/c1-13-7-6-8-14(2)15(13)11-18(24)23-10-5-4-9-16(23)19-20-17(12-25-3)21-22-19/h6-8,16H,4-5,9-12H2,1-3H3,(H,20,21,22)/t16-/m0/s1. The molecule has 1 N–H and O–H groups in total. The van der Waals surface area contributed by atoms with Crippen LogP contribution in [0.5, 0.6) is 0 Å². The predicted octanol–water partition coefficient (Wildman–Crippen LogP) is 2.86. The Bertz CT molecular complexity index is 721. The summed E-state index contributed by atoms with van der Waals surface area (Å²) in [5.41, 5.74) is 3.47. The molecule has 1 aromatic heterocycles. The van der Waals surface area contributed by atoms with Gasteiger partial charge in [-0.3, -0.25) is 9.89 Å². The maximum absolute atomic E-state index is 13.0. The van der Waals surface area contributed by atoms with Crippen LogP contribution in [-0.4, -0.2) is 39.6 Å². The molecule has 0 aliphatic carbocycles. The first-order chi connectivity index (χ1) is 12.1. The van der Waals surface area contributed by atoms with Crippen molar-refractivity contribution >= 4 is 5.91 Å². The van der Waals surface area contributed by atoms with Crippen molar-refractivity contribution in [1.82, 2.24) is 20.1 Å². The second kappa shape index (κ2) is 7.78. The molecular weight excluding hydrogens is 316 g/mol. The van der Waals surface area contributed by atoms with Gasteiger partial charge in [0.05, 0.1) is 12.5 Å². The lowest BCUT2D eigenvalue weighted by atomic mass is 9.97. The second-order valence-corrected chi connectivity index (χ2v) is 6.72. The number of nitrogens with one attached hydrogen (secondary N) is 1. The van der Waals surface area contributed by atoms with Crippen LogP contribution in [0.3, 0.4) is 0 Å². The van der Waals surface area contributed by atoms with Gasteiger partial charge in [0.25, 0.3) is 0 Å². The van der Waals surface area contributed by atoms with Gasteiger partial charge in [-0.1, -0.05) is 18.2 Å². The second-order valence-electron chi connectivity index (χ2n) is 6.72.